The monoisotopic (exact) mass is 318 g/mol. The van der Waals surface area contributed by atoms with Crippen LogP contribution in [0.5, 0.6) is 0 Å². The first-order valence-corrected chi connectivity index (χ1v) is 8.81. The van der Waals surface area contributed by atoms with E-state index in [2.05, 4.69) is 44.4 Å². The van der Waals surface area contributed by atoms with Gasteiger partial charge in [-0.05, 0) is 24.8 Å². The van der Waals surface area contributed by atoms with Crippen LogP contribution < -0.4 is 0 Å². The van der Waals surface area contributed by atoms with Crippen LogP contribution in [-0.2, 0) is 6.54 Å². The van der Waals surface area contributed by atoms with Gasteiger partial charge in [-0.1, -0.05) is 6.07 Å². The van der Waals surface area contributed by atoms with Crippen molar-refractivity contribution in [1.29, 1.82) is 0 Å². The van der Waals surface area contributed by atoms with Crippen molar-refractivity contribution in [3.8, 4) is 10.6 Å². The molecular weight excluding hydrogens is 296 g/mol. The van der Waals surface area contributed by atoms with Crippen LogP contribution in [0.2, 0.25) is 0 Å². The summed E-state index contributed by atoms with van der Waals surface area (Å²) in [4.78, 5) is 6.22. The highest BCUT2D eigenvalue weighted by molar-refractivity contribution is 7.13. The third-order valence-corrected chi connectivity index (χ3v) is 5.82. The Morgan fingerprint density at radius 3 is 3.14 bits per heavy atom. The van der Waals surface area contributed by atoms with Gasteiger partial charge >= 0.3 is 0 Å². The Kier molecular flexibility index (Phi) is 3.78. The molecule has 5 nitrogen and oxygen atoms in total. The Morgan fingerprint density at radius 1 is 1.41 bits per heavy atom. The standard InChI is InChI=1S/C16H22N4OS/c1-11-7-20-10-14(21)5-13(20)9-19(11)8-12-6-17-18-16(12)15-3-2-4-22-15/h2-4,6,11,13-14,21H,5,7-10H2,1H3,(H,17,18)/t11-,13+,14+/m0/s1. The van der Waals surface area contributed by atoms with E-state index in [0.717, 1.165) is 38.3 Å². The summed E-state index contributed by atoms with van der Waals surface area (Å²) in [6.07, 6.45) is 2.72. The van der Waals surface area contributed by atoms with Crippen LogP contribution in [0.3, 0.4) is 0 Å². The number of fused-ring (bicyclic) bond motifs is 1. The predicted octanol–water partition coefficient (Wildman–Crippen LogP) is 1.78. The Morgan fingerprint density at radius 2 is 2.32 bits per heavy atom. The fourth-order valence-electron chi connectivity index (χ4n) is 3.78. The molecule has 0 bridgehead atoms. The largest absolute Gasteiger partial charge is 0.392 e. The average Bonchev–Trinajstić information content (AvgIpc) is 3.18. The number of rotatable bonds is 3. The topological polar surface area (TPSA) is 55.4 Å². The molecule has 0 amide bonds. The molecule has 2 aromatic rings. The van der Waals surface area contributed by atoms with Crippen molar-refractivity contribution in [3.05, 3.63) is 29.3 Å². The molecule has 4 rings (SSSR count). The molecule has 2 aromatic heterocycles. The van der Waals surface area contributed by atoms with Gasteiger partial charge in [0.25, 0.3) is 0 Å². The van der Waals surface area contributed by atoms with Crippen molar-refractivity contribution in [1.82, 2.24) is 20.0 Å². The Balaban J connectivity index is 1.51. The van der Waals surface area contributed by atoms with Crippen LogP contribution in [0.15, 0.2) is 23.7 Å². The molecule has 6 heteroatoms. The second kappa shape index (κ2) is 5.77. The molecule has 2 aliphatic heterocycles. The summed E-state index contributed by atoms with van der Waals surface area (Å²) >= 11 is 1.74. The van der Waals surface area contributed by atoms with Crippen molar-refractivity contribution in [2.24, 2.45) is 0 Å². The molecule has 22 heavy (non-hydrogen) atoms. The summed E-state index contributed by atoms with van der Waals surface area (Å²) in [5.74, 6) is 0. The van der Waals surface area contributed by atoms with Crippen molar-refractivity contribution >= 4 is 11.3 Å². The minimum absolute atomic E-state index is 0.146. The van der Waals surface area contributed by atoms with E-state index in [4.69, 9.17) is 0 Å². The highest BCUT2D eigenvalue weighted by Crippen LogP contribution is 2.30. The summed E-state index contributed by atoms with van der Waals surface area (Å²) < 4.78 is 0. The lowest BCUT2D eigenvalue weighted by Crippen LogP contribution is -2.54. The molecule has 0 aromatic carbocycles. The summed E-state index contributed by atoms with van der Waals surface area (Å²) in [6, 6.07) is 5.22. The predicted molar refractivity (Wildman–Crippen MR) is 87.8 cm³/mol. The number of thiophene rings is 1. The number of H-pyrrole nitrogens is 1. The molecule has 2 aliphatic rings. The summed E-state index contributed by atoms with van der Waals surface area (Å²) in [7, 11) is 0. The molecular formula is C16H22N4OS. The maximum atomic E-state index is 9.88. The van der Waals surface area contributed by atoms with E-state index < -0.39 is 0 Å². The summed E-state index contributed by atoms with van der Waals surface area (Å²) in [6.45, 7) is 6.13. The first kappa shape index (κ1) is 14.4. The Labute approximate surface area is 134 Å². The summed E-state index contributed by atoms with van der Waals surface area (Å²) in [5, 5.41) is 19.4. The molecule has 0 radical (unpaired) electrons. The molecule has 0 aliphatic carbocycles. The lowest BCUT2D eigenvalue weighted by atomic mass is 10.1. The first-order chi connectivity index (χ1) is 10.7. The zero-order chi connectivity index (χ0) is 15.1. The fraction of sp³-hybridized carbons (Fsp3) is 0.562. The minimum atomic E-state index is -0.146. The quantitative estimate of drug-likeness (QED) is 0.906. The number of aromatic amines is 1. The SMILES string of the molecule is C[C@H]1CN2C[C@H](O)C[C@@H]2CN1Cc1cn[nH]c1-c1cccs1. The van der Waals surface area contributed by atoms with E-state index >= 15 is 0 Å². The van der Waals surface area contributed by atoms with Gasteiger partial charge in [0.2, 0.25) is 0 Å². The van der Waals surface area contributed by atoms with Crippen LogP contribution in [0, 0.1) is 0 Å². The molecule has 2 N–H and O–H groups in total. The first-order valence-electron chi connectivity index (χ1n) is 7.93. The van der Waals surface area contributed by atoms with E-state index in [1.54, 1.807) is 11.3 Å². The lowest BCUT2D eigenvalue weighted by Gasteiger charge is -2.42. The second-order valence-electron chi connectivity index (χ2n) is 6.52. The van der Waals surface area contributed by atoms with Crippen LogP contribution in [0.4, 0.5) is 0 Å². The maximum Gasteiger partial charge on any atom is 0.0794 e. The minimum Gasteiger partial charge on any atom is -0.392 e. The molecule has 0 unspecified atom stereocenters. The van der Waals surface area contributed by atoms with Crippen LogP contribution >= 0.6 is 11.3 Å². The van der Waals surface area contributed by atoms with E-state index in [-0.39, 0.29) is 6.10 Å². The molecule has 4 heterocycles. The fourth-order valence-corrected chi connectivity index (χ4v) is 4.54. The van der Waals surface area contributed by atoms with Gasteiger partial charge in [-0.15, -0.1) is 11.3 Å². The van der Waals surface area contributed by atoms with Crippen molar-refractivity contribution in [2.75, 3.05) is 19.6 Å². The van der Waals surface area contributed by atoms with Crippen LogP contribution in [0.25, 0.3) is 10.6 Å². The zero-order valence-electron chi connectivity index (χ0n) is 12.8. The Bertz CT molecular complexity index is 626. The van der Waals surface area contributed by atoms with Crippen LogP contribution in [0.1, 0.15) is 18.9 Å². The number of nitrogens with zero attached hydrogens (tertiary/aromatic N) is 3. The van der Waals surface area contributed by atoms with E-state index in [9.17, 15) is 5.11 Å². The average molecular weight is 318 g/mol. The normalized spacial score (nSPS) is 29.8. The number of aliphatic hydroxyl groups excluding tert-OH is 1. The van der Waals surface area contributed by atoms with Gasteiger partial charge in [0.05, 0.1) is 22.9 Å². The lowest BCUT2D eigenvalue weighted by molar-refractivity contribution is 0.0530. The molecule has 2 fully saturated rings. The smallest absolute Gasteiger partial charge is 0.0794 e. The molecule has 2 saturated heterocycles. The van der Waals surface area contributed by atoms with Gasteiger partial charge in [0.1, 0.15) is 0 Å². The van der Waals surface area contributed by atoms with Crippen molar-refractivity contribution in [3.63, 3.8) is 0 Å². The van der Waals surface area contributed by atoms with Gasteiger partial charge in [-0.3, -0.25) is 14.9 Å². The molecule has 0 spiro atoms. The van der Waals surface area contributed by atoms with Gasteiger partial charge in [-0.25, -0.2) is 0 Å². The van der Waals surface area contributed by atoms with Crippen LogP contribution in [-0.4, -0.2) is 62.9 Å². The van der Waals surface area contributed by atoms with Gasteiger partial charge in [-0.2, -0.15) is 5.10 Å². The number of nitrogens with one attached hydrogen (secondary N) is 1. The summed E-state index contributed by atoms with van der Waals surface area (Å²) in [5.41, 5.74) is 2.41. The number of piperazine rings is 1. The highest BCUT2D eigenvalue weighted by Gasteiger charge is 2.38. The number of hydrogen-bond donors (Lipinski definition) is 2. The number of hydrogen-bond acceptors (Lipinski definition) is 5. The number of aromatic nitrogens is 2. The van der Waals surface area contributed by atoms with Gasteiger partial charge in [0, 0.05) is 43.8 Å². The Hall–Kier alpha value is -1.21. The van der Waals surface area contributed by atoms with E-state index in [0.29, 0.717) is 12.1 Å². The van der Waals surface area contributed by atoms with Crippen molar-refractivity contribution in [2.45, 2.75) is 38.1 Å². The zero-order valence-corrected chi connectivity index (χ0v) is 13.6. The highest BCUT2D eigenvalue weighted by atomic mass is 32.1. The van der Waals surface area contributed by atoms with Crippen molar-refractivity contribution < 1.29 is 5.11 Å². The third kappa shape index (κ3) is 2.60. The van der Waals surface area contributed by atoms with Gasteiger partial charge in [0.15, 0.2) is 0 Å². The van der Waals surface area contributed by atoms with Gasteiger partial charge < -0.3 is 5.11 Å². The van der Waals surface area contributed by atoms with E-state index in [1.165, 1.54) is 10.4 Å². The second-order valence-corrected chi connectivity index (χ2v) is 7.47. The van der Waals surface area contributed by atoms with E-state index in [1.807, 2.05) is 6.20 Å². The maximum absolute atomic E-state index is 9.88. The molecule has 3 atom stereocenters. The number of aliphatic hydroxyl groups is 1. The molecule has 118 valence electrons. The third-order valence-electron chi connectivity index (χ3n) is 4.93. The molecule has 0 saturated carbocycles.